The molecule has 1 aromatic carbocycles. The molecule has 98 valence electrons. The summed E-state index contributed by atoms with van der Waals surface area (Å²) >= 11 is 3.34. The van der Waals surface area contributed by atoms with Crippen molar-refractivity contribution in [1.29, 1.82) is 0 Å². The van der Waals surface area contributed by atoms with Crippen LogP contribution in [0.15, 0.2) is 28.7 Å². The van der Waals surface area contributed by atoms with Crippen LogP contribution in [-0.4, -0.2) is 24.5 Å². The Morgan fingerprint density at radius 3 is 2.78 bits per heavy atom. The molecule has 1 rings (SSSR count). The minimum atomic E-state index is -0.621. The van der Waals surface area contributed by atoms with Gasteiger partial charge in [0.2, 0.25) is 5.91 Å². The Labute approximate surface area is 115 Å². The number of carbonyl (C=O) groups is 2. The molecule has 0 radical (unpaired) electrons. The highest BCUT2D eigenvalue weighted by Gasteiger charge is 2.16. The summed E-state index contributed by atoms with van der Waals surface area (Å²) in [7, 11) is 0. The summed E-state index contributed by atoms with van der Waals surface area (Å²) in [6.45, 7) is 3.65. The zero-order valence-corrected chi connectivity index (χ0v) is 12.0. The fraction of sp³-hybridized carbons (Fsp3) is 0.385. The van der Waals surface area contributed by atoms with Crippen LogP contribution in [0.2, 0.25) is 0 Å². The number of carbonyl (C=O) groups excluding carboxylic acids is 2. The molecule has 0 saturated heterocycles. The molecule has 5 heteroatoms. The molecule has 0 fully saturated rings. The summed E-state index contributed by atoms with van der Waals surface area (Å²) in [5, 5.41) is 2.60. The van der Waals surface area contributed by atoms with Crippen molar-refractivity contribution < 1.29 is 14.3 Å². The number of amides is 1. The Morgan fingerprint density at radius 1 is 1.44 bits per heavy atom. The number of hydrogen-bond acceptors (Lipinski definition) is 3. The van der Waals surface area contributed by atoms with Crippen molar-refractivity contribution in [3.63, 3.8) is 0 Å². The minimum absolute atomic E-state index is 0.200. The predicted molar refractivity (Wildman–Crippen MR) is 72.1 cm³/mol. The summed E-state index contributed by atoms with van der Waals surface area (Å²) in [5.74, 6) is -0.617. The van der Waals surface area contributed by atoms with Gasteiger partial charge < -0.3 is 10.1 Å². The summed E-state index contributed by atoms with van der Waals surface area (Å²) in [5.41, 5.74) is 0.887. The molecule has 0 aliphatic heterocycles. The Morgan fingerprint density at radius 2 is 2.17 bits per heavy atom. The first-order chi connectivity index (χ1) is 8.52. The van der Waals surface area contributed by atoms with Crippen LogP contribution in [0.3, 0.4) is 0 Å². The van der Waals surface area contributed by atoms with Crippen LogP contribution in [-0.2, 0) is 20.7 Å². The van der Waals surface area contributed by atoms with Crippen LogP contribution in [0.1, 0.15) is 19.4 Å². The Balaban J connectivity index is 2.49. The summed E-state index contributed by atoms with van der Waals surface area (Å²) in [6, 6.07) is 6.86. The van der Waals surface area contributed by atoms with E-state index in [1.54, 1.807) is 13.8 Å². The maximum atomic E-state index is 11.7. The van der Waals surface area contributed by atoms with E-state index in [0.29, 0.717) is 6.61 Å². The molecule has 1 aromatic rings. The predicted octanol–water partition coefficient (Wildman–Crippen LogP) is 2.06. The van der Waals surface area contributed by atoms with E-state index >= 15 is 0 Å². The van der Waals surface area contributed by atoms with Crippen molar-refractivity contribution in [3.8, 4) is 0 Å². The Bertz CT molecular complexity index is 434. The second kappa shape index (κ2) is 7.16. The third-order valence-corrected chi connectivity index (χ3v) is 2.76. The van der Waals surface area contributed by atoms with Crippen molar-refractivity contribution in [2.24, 2.45) is 0 Å². The van der Waals surface area contributed by atoms with Crippen molar-refractivity contribution in [2.45, 2.75) is 26.3 Å². The quantitative estimate of drug-likeness (QED) is 0.847. The topological polar surface area (TPSA) is 55.4 Å². The number of esters is 1. The van der Waals surface area contributed by atoms with E-state index in [1.807, 2.05) is 24.3 Å². The fourth-order valence-corrected chi connectivity index (χ4v) is 1.90. The number of ether oxygens (including phenoxy) is 1. The number of hydrogen-bond donors (Lipinski definition) is 1. The minimum Gasteiger partial charge on any atom is -0.464 e. The Kier molecular flexibility index (Phi) is 5.85. The maximum absolute atomic E-state index is 11.7. The van der Waals surface area contributed by atoms with E-state index in [0.717, 1.165) is 10.0 Å². The highest BCUT2D eigenvalue weighted by atomic mass is 79.9. The molecule has 1 atom stereocenters. The van der Waals surface area contributed by atoms with E-state index in [4.69, 9.17) is 4.74 Å². The normalized spacial score (nSPS) is 11.7. The van der Waals surface area contributed by atoms with Crippen molar-refractivity contribution >= 4 is 27.8 Å². The maximum Gasteiger partial charge on any atom is 0.328 e. The molecule has 0 aliphatic rings. The van der Waals surface area contributed by atoms with E-state index in [2.05, 4.69) is 21.2 Å². The van der Waals surface area contributed by atoms with E-state index in [1.165, 1.54) is 0 Å². The fourth-order valence-electron chi connectivity index (χ4n) is 1.45. The van der Waals surface area contributed by atoms with E-state index in [-0.39, 0.29) is 12.3 Å². The van der Waals surface area contributed by atoms with Gasteiger partial charge in [0, 0.05) is 4.47 Å². The molecule has 0 aromatic heterocycles. The molecular weight excluding hydrogens is 298 g/mol. The monoisotopic (exact) mass is 313 g/mol. The molecule has 0 bridgehead atoms. The van der Waals surface area contributed by atoms with Gasteiger partial charge in [-0.15, -0.1) is 0 Å². The second-order valence-electron chi connectivity index (χ2n) is 3.85. The number of halogens is 1. The molecule has 0 aliphatic carbocycles. The smallest absolute Gasteiger partial charge is 0.328 e. The van der Waals surface area contributed by atoms with E-state index in [9.17, 15) is 9.59 Å². The van der Waals surface area contributed by atoms with Crippen molar-refractivity contribution in [1.82, 2.24) is 5.32 Å². The summed E-state index contributed by atoms with van der Waals surface area (Å²) < 4.78 is 5.74. The highest BCUT2D eigenvalue weighted by molar-refractivity contribution is 9.10. The van der Waals surface area contributed by atoms with Gasteiger partial charge in [0.25, 0.3) is 0 Å². The zero-order valence-electron chi connectivity index (χ0n) is 10.4. The number of benzene rings is 1. The van der Waals surface area contributed by atoms with Crippen LogP contribution < -0.4 is 5.32 Å². The van der Waals surface area contributed by atoms with Gasteiger partial charge in [-0.3, -0.25) is 4.79 Å². The van der Waals surface area contributed by atoms with E-state index < -0.39 is 12.0 Å². The molecule has 4 nitrogen and oxygen atoms in total. The van der Waals surface area contributed by atoms with Crippen LogP contribution >= 0.6 is 15.9 Å². The molecule has 1 N–H and O–H groups in total. The van der Waals surface area contributed by atoms with Gasteiger partial charge in [0.05, 0.1) is 13.0 Å². The lowest BCUT2D eigenvalue weighted by atomic mass is 10.1. The first kappa shape index (κ1) is 14.7. The third kappa shape index (κ3) is 4.87. The molecular formula is C13H16BrNO3. The SMILES string of the molecule is CCOC(=O)C(C)NC(=O)Cc1cccc(Br)c1. The lowest BCUT2D eigenvalue weighted by Gasteiger charge is -2.12. The van der Waals surface area contributed by atoms with Gasteiger partial charge in [0.15, 0.2) is 0 Å². The van der Waals surface area contributed by atoms with Crippen molar-refractivity contribution in [2.75, 3.05) is 6.61 Å². The average Bonchev–Trinajstić information content (AvgIpc) is 2.28. The number of nitrogens with one attached hydrogen (secondary N) is 1. The van der Waals surface area contributed by atoms with Crippen LogP contribution in [0.4, 0.5) is 0 Å². The van der Waals surface area contributed by atoms with Gasteiger partial charge >= 0.3 is 5.97 Å². The van der Waals surface area contributed by atoms with Crippen molar-refractivity contribution in [3.05, 3.63) is 34.3 Å². The molecule has 0 saturated carbocycles. The average molecular weight is 314 g/mol. The molecule has 0 heterocycles. The lowest BCUT2D eigenvalue weighted by Crippen LogP contribution is -2.40. The first-order valence-electron chi connectivity index (χ1n) is 5.73. The van der Waals surface area contributed by atoms with Gasteiger partial charge in [-0.2, -0.15) is 0 Å². The summed E-state index contributed by atoms with van der Waals surface area (Å²) in [4.78, 5) is 23.0. The van der Waals surface area contributed by atoms with Gasteiger partial charge in [0.1, 0.15) is 6.04 Å². The van der Waals surface area contributed by atoms with Gasteiger partial charge in [-0.05, 0) is 31.5 Å². The standard InChI is InChI=1S/C13H16BrNO3/c1-3-18-13(17)9(2)15-12(16)8-10-5-4-6-11(14)7-10/h4-7,9H,3,8H2,1-2H3,(H,15,16). The first-order valence-corrected chi connectivity index (χ1v) is 6.52. The Hall–Kier alpha value is -1.36. The third-order valence-electron chi connectivity index (χ3n) is 2.27. The highest BCUT2D eigenvalue weighted by Crippen LogP contribution is 2.12. The lowest BCUT2D eigenvalue weighted by molar-refractivity contribution is -0.146. The largest absolute Gasteiger partial charge is 0.464 e. The zero-order chi connectivity index (χ0) is 13.5. The van der Waals surface area contributed by atoms with Crippen LogP contribution in [0.25, 0.3) is 0 Å². The molecule has 18 heavy (non-hydrogen) atoms. The van der Waals surface area contributed by atoms with Gasteiger partial charge in [-0.1, -0.05) is 28.1 Å². The molecule has 0 spiro atoms. The van der Waals surface area contributed by atoms with Crippen LogP contribution in [0, 0.1) is 0 Å². The molecule has 1 unspecified atom stereocenters. The second-order valence-corrected chi connectivity index (χ2v) is 4.76. The summed E-state index contributed by atoms with van der Waals surface area (Å²) in [6.07, 6.45) is 0.239. The molecule has 1 amide bonds. The number of rotatable bonds is 5. The van der Waals surface area contributed by atoms with Crippen LogP contribution in [0.5, 0.6) is 0 Å². The van der Waals surface area contributed by atoms with Gasteiger partial charge in [-0.25, -0.2) is 4.79 Å².